The van der Waals surface area contributed by atoms with Crippen LogP contribution >= 0.6 is 0 Å². The Morgan fingerprint density at radius 2 is 1.58 bits per heavy atom. The molecule has 0 aliphatic carbocycles. The maximum absolute atomic E-state index is 9.82. The number of primary amides is 2. The summed E-state index contributed by atoms with van der Waals surface area (Å²) in [5.74, 6) is -1.12. The average molecular weight is 174 g/mol. The van der Waals surface area contributed by atoms with Crippen molar-refractivity contribution in [3.8, 4) is 0 Å². The number of aliphatic hydroxyl groups excluding tert-OH is 1. The Morgan fingerprint density at radius 1 is 1.42 bits per heavy atom. The smallest absolute Gasteiger partial charge is 0.245 e. The molecule has 0 radical (unpaired) electrons. The zero-order valence-corrected chi connectivity index (χ0v) is 7.20. The second-order valence-corrected chi connectivity index (χ2v) is 2.22. The van der Waals surface area contributed by atoms with Crippen LogP contribution in [0.4, 0.5) is 0 Å². The quantitative estimate of drug-likeness (QED) is 0.462. The molecule has 0 aliphatic rings. The van der Waals surface area contributed by atoms with E-state index in [1.165, 1.54) is 6.92 Å². The second kappa shape index (κ2) is 6.36. The Balaban J connectivity index is 0. The van der Waals surface area contributed by atoms with Gasteiger partial charge in [0.15, 0.2) is 0 Å². The number of nitrogens with two attached hydrogens (primary N) is 2. The van der Waals surface area contributed by atoms with Gasteiger partial charge in [-0.05, 0) is 13.8 Å². The van der Waals surface area contributed by atoms with E-state index >= 15 is 0 Å². The van der Waals surface area contributed by atoms with Gasteiger partial charge in [-0.15, -0.1) is 0 Å². The summed E-state index contributed by atoms with van der Waals surface area (Å²) in [6.45, 7) is 6.17. The van der Waals surface area contributed by atoms with Gasteiger partial charge in [0, 0.05) is 5.57 Å². The Labute approximate surface area is 71.0 Å². The van der Waals surface area contributed by atoms with Gasteiger partial charge in [-0.1, -0.05) is 6.58 Å². The van der Waals surface area contributed by atoms with Crippen LogP contribution in [0.5, 0.6) is 0 Å². The van der Waals surface area contributed by atoms with Crippen molar-refractivity contribution in [2.45, 2.75) is 20.0 Å². The van der Waals surface area contributed by atoms with Gasteiger partial charge in [0.1, 0.15) is 6.10 Å². The summed E-state index contributed by atoms with van der Waals surface area (Å²) >= 11 is 0. The summed E-state index contributed by atoms with van der Waals surface area (Å²) < 4.78 is 0. The lowest BCUT2D eigenvalue weighted by Gasteiger charge is -1.90. The SMILES string of the molecule is C=C(C)C(N)=O.CC(O)C(N)=O. The van der Waals surface area contributed by atoms with Crippen molar-refractivity contribution in [2.24, 2.45) is 11.5 Å². The molecule has 0 saturated heterocycles. The normalized spacial score (nSPS) is 10.6. The van der Waals surface area contributed by atoms with Crippen LogP contribution in [-0.2, 0) is 9.59 Å². The molecule has 5 nitrogen and oxygen atoms in total. The number of carbonyl (C=O) groups is 2. The molecule has 0 aliphatic heterocycles. The number of hydrogen-bond donors (Lipinski definition) is 3. The van der Waals surface area contributed by atoms with Crippen LogP contribution in [0.3, 0.4) is 0 Å². The van der Waals surface area contributed by atoms with Crippen LogP contribution in [0.2, 0.25) is 0 Å². The molecule has 0 aromatic rings. The van der Waals surface area contributed by atoms with Gasteiger partial charge in [0.25, 0.3) is 0 Å². The Morgan fingerprint density at radius 3 is 1.58 bits per heavy atom. The molecule has 0 bridgehead atoms. The Hall–Kier alpha value is -1.36. The van der Waals surface area contributed by atoms with Gasteiger partial charge in [-0.25, -0.2) is 0 Å². The van der Waals surface area contributed by atoms with Crippen molar-refractivity contribution in [2.75, 3.05) is 0 Å². The summed E-state index contributed by atoms with van der Waals surface area (Å²) in [7, 11) is 0. The minimum absolute atomic E-state index is 0.398. The van der Waals surface area contributed by atoms with Crippen molar-refractivity contribution in [1.29, 1.82) is 0 Å². The highest BCUT2D eigenvalue weighted by Gasteiger charge is 1.98. The van der Waals surface area contributed by atoms with E-state index in [9.17, 15) is 9.59 Å². The molecule has 5 heteroatoms. The predicted molar refractivity (Wildman–Crippen MR) is 44.9 cm³/mol. The van der Waals surface area contributed by atoms with Crippen LogP contribution in [-0.4, -0.2) is 23.0 Å². The number of rotatable bonds is 2. The Kier molecular flexibility index (Phi) is 7.02. The number of carbonyl (C=O) groups excluding carboxylic acids is 2. The van der Waals surface area contributed by atoms with Crippen molar-refractivity contribution < 1.29 is 14.7 Å². The molecule has 0 saturated carbocycles. The molecule has 0 aromatic heterocycles. The van der Waals surface area contributed by atoms with Crippen LogP contribution in [0, 0.1) is 0 Å². The van der Waals surface area contributed by atoms with Crippen LogP contribution < -0.4 is 11.5 Å². The van der Waals surface area contributed by atoms with E-state index in [1.807, 2.05) is 0 Å². The van der Waals surface area contributed by atoms with Gasteiger partial charge < -0.3 is 16.6 Å². The van der Waals surface area contributed by atoms with E-state index in [2.05, 4.69) is 12.3 Å². The molecule has 0 fully saturated rings. The van der Waals surface area contributed by atoms with E-state index in [0.29, 0.717) is 5.57 Å². The summed E-state index contributed by atoms with van der Waals surface area (Å²) in [6.07, 6.45) is -1.01. The standard InChI is InChI=1S/C4H7NO.C3H7NO2/c1-3(2)4(5)6;1-2(5)3(4)6/h1H2,2H3,(H2,5,6);2,5H,1H3,(H2,4,6). The highest BCUT2D eigenvalue weighted by molar-refractivity contribution is 5.90. The second-order valence-electron chi connectivity index (χ2n) is 2.22. The van der Waals surface area contributed by atoms with E-state index in [1.54, 1.807) is 6.92 Å². The molecule has 12 heavy (non-hydrogen) atoms. The van der Waals surface area contributed by atoms with Crippen LogP contribution in [0.15, 0.2) is 12.2 Å². The van der Waals surface area contributed by atoms with Crippen LogP contribution in [0.1, 0.15) is 13.8 Å². The van der Waals surface area contributed by atoms with Gasteiger partial charge in [-0.3, -0.25) is 9.59 Å². The lowest BCUT2D eigenvalue weighted by atomic mass is 10.3. The van der Waals surface area contributed by atoms with E-state index in [4.69, 9.17) is 10.8 Å². The zero-order chi connectivity index (χ0) is 10.3. The van der Waals surface area contributed by atoms with Gasteiger partial charge in [-0.2, -0.15) is 0 Å². The molecular weight excluding hydrogens is 160 g/mol. The highest BCUT2D eigenvalue weighted by atomic mass is 16.3. The first-order chi connectivity index (χ1) is 5.29. The van der Waals surface area contributed by atoms with Gasteiger partial charge >= 0.3 is 0 Å². The summed E-state index contributed by atoms with van der Waals surface area (Å²) in [5.41, 5.74) is 9.64. The summed E-state index contributed by atoms with van der Waals surface area (Å²) in [4.78, 5) is 19.5. The molecule has 0 spiro atoms. The first-order valence-corrected chi connectivity index (χ1v) is 3.21. The molecule has 1 unspecified atom stereocenters. The molecule has 70 valence electrons. The van der Waals surface area contributed by atoms with E-state index in [0.717, 1.165) is 0 Å². The summed E-state index contributed by atoms with van der Waals surface area (Å²) in [5, 5.41) is 8.16. The van der Waals surface area contributed by atoms with Crippen LogP contribution in [0.25, 0.3) is 0 Å². The van der Waals surface area contributed by atoms with Crippen molar-refractivity contribution in [1.82, 2.24) is 0 Å². The molecule has 5 N–H and O–H groups in total. The van der Waals surface area contributed by atoms with Crippen molar-refractivity contribution in [3.63, 3.8) is 0 Å². The number of amides is 2. The topological polar surface area (TPSA) is 106 Å². The lowest BCUT2D eigenvalue weighted by molar-refractivity contribution is -0.125. The van der Waals surface area contributed by atoms with Gasteiger partial charge in [0.05, 0.1) is 0 Å². The largest absolute Gasteiger partial charge is 0.384 e. The fourth-order valence-electron chi connectivity index (χ4n) is 0. The molecule has 2 amide bonds. The first kappa shape index (κ1) is 13.2. The third kappa shape index (κ3) is 11.4. The number of hydrogen-bond acceptors (Lipinski definition) is 3. The molecule has 0 heterocycles. The van der Waals surface area contributed by atoms with Crippen molar-refractivity contribution >= 4 is 11.8 Å². The third-order valence-corrected chi connectivity index (χ3v) is 0.832. The average Bonchev–Trinajstić information content (AvgIpc) is 1.88. The van der Waals surface area contributed by atoms with Gasteiger partial charge in [0.2, 0.25) is 11.8 Å². The summed E-state index contributed by atoms with van der Waals surface area (Å²) in [6, 6.07) is 0. The molecule has 0 aromatic carbocycles. The Bertz CT molecular complexity index is 175. The van der Waals surface area contributed by atoms with E-state index in [-0.39, 0.29) is 0 Å². The monoisotopic (exact) mass is 174 g/mol. The molecular formula is C7H14N2O3. The minimum Gasteiger partial charge on any atom is -0.384 e. The number of aliphatic hydroxyl groups is 1. The third-order valence-electron chi connectivity index (χ3n) is 0.832. The lowest BCUT2D eigenvalue weighted by Crippen LogP contribution is -2.24. The predicted octanol–water partition coefficient (Wildman–Crippen LogP) is -1.10. The molecule has 1 atom stereocenters. The molecule has 0 rings (SSSR count). The van der Waals surface area contributed by atoms with Crippen molar-refractivity contribution in [3.05, 3.63) is 12.2 Å². The first-order valence-electron chi connectivity index (χ1n) is 3.21. The fourth-order valence-corrected chi connectivity index (χ4v) is 0. The maximum atomic E-state index is 9.82. The maximum Gasteiger partial charge on any atom is 0.245 e. The minimum atomic E-state index is -1.01. The fraction of sp³-hybridized carbons (Fsp3) is 0.429. The zero-order valence-electron chi connectivity index (χ0n) is 7.20. The van der Waals surface area contributed by atoms with E-state index < -0.39 is 17.9 Å². The highest BCUT2D eigenvalue weighted by Crippen LogP contribution is 1.78.